The van der Waals surface area contributed by atoms with E-state index in [2.05, 4.69) is 4.72 Å². The Morgan fingerprint density at radius 2 is 1.81 bits per heavy atom. The number of nitro groups is 1. The maximum atomic E-state index is 12.2. The SMILES string of the molecule is CC(C)(C)OC(=O)N(CCNS(=O)(=O)c1ccc([N+](=O)[O-])cc1)CC(=O)O. The molecule has 150 valence electrons. The Balaban J connectivity index is 2.76. The van der Waals surface area contributed by atoms with Gasteiger partial charge < -0.3 is 9.84 Å². The van der Waals surface area contributed by atoms with Crippen LogP contribution >= 0.6 is 0 Å². The number of aliphatic carboxylic acids is 1. The number of benzene rings is 1. The second-order valence-electron chi connectivity index (χ2n) is 6.44. The number of amides is 1. The van der Waals surface area contributed by atoms with Crippen LogP contribution in [0.5, 0.6) is 0 Å². The average Bonchev–Trinajstić information content (AvgIpc) is 2.51. The van der Waals surface area contributed by atoms with E-state index in [0.29, 0.717) is 0 Å². The average molecular weight is 403 g/mol. The van der Waals surface area contributed by atoms with E-state index in [-0.39, 0.29) is 23.7 Å². The highest BCUT2D eigenvalue weighted by molar-refractivity contribution is 7.89. The second kappa shape index (κ2) is 8.77. The Morgan fingerprint density at radius 1 is 1.26 bits per heavy atom. The number of carbonyl (C=O) groups excluding carboxylic acids is 1. The molecule has 12 heteroatoms. The first-order chi connectivity index (χ1) is 12.3. The van der Waals surface area contributed by atoms with Gasteiger partial charge in [0.25, 0.3) is 5.69 Å². The first-order valence-corrected chi connectivity index (χ1v) is 9.24. The van der Waals surface area contributed by atoms with Gasteiger partial charge in [-0.15, -0.1) is 0 Å². The molecule has 0 aliphatic rings. The molecule has 1 aromatic carbocycles. The number of rotatable bonds is 8. The highest BCUT2D eigenvalue weighted by Crippen LogP contribution is 2.15. The Bertz CT molecular complexity index is 799. The van der Waals surface area contributed by atoms with Gasteiger partial charge in [0.2, 0.25) is 10.0 Å². The second-order valence-corrected chi connectivity index (χ2v) is 8.21. The summed E-state index contributed by atoms with van der Waals surface area (Å²) in [5, 5.41) is 19.5. The number of non-ortho nitro benzene ring substituents is 1. The van der Waals surface area contributed by atoms with Gasteiger partial charge in [0.1, 0.15) is 12.1 Å². The zero-order valence-electron chi connectivity index (χ0n) is 15.0. The van der Waals surface area contributed by atoms with Gasteiger partial charge in [0.05, 0.1) is 9.82 Å². The molecule has 0 aliphatic heterocycles. The third-order valence-corrected chi connectivity index (χ3v) is 4.49. The molecule has 0 atom stereocenters. The molecule has 0 spiro atoms. The summed E-state index contributed by atoms with van der Waals surface area (Å²) in [4.78, 5) is 33.5. The molecule has 11 nitrogen and oxygen atoms in total. The van der Waals surface area contributed by atoms with Crippen LogP contribution in [0.4, 0.5) is 10.5 Å². The summed E-state index contributed by atoms with van der Waals surface area (Å²) in [5.41, 5.74) is -1.10. The molecule has 0 fully saturated rings. The maximum absolute atomic E-state index is 12.2. The minimum atomic E-state index is -3.99. The highest BCUT2D eigenvalue weighted by atomic mass is 32.2. The smallest absolute Gasteiger partial charge is 0.410 e. The zero-order valence-corrected chi connectivity index (χ0v) is 15.9. The van der Waals surface area contributed by atoms with E-state index >= 15 is 0 Å². The number of nitrogens with one attached hydrogen (secondary N) is 1. The van der Waals surface area contributed by atoms with E-state index in [1.165, 1.54) is 0 Å². The fraction of sp³-hybridized carbons (Fsp3) is 0.467. The lowest BCUT2D eigenvalue weighted by molar-refractivity contribution is -0.384. The summed E-state index contributed by atoms with van der Waals surface area (Å²) in [6, 6.07) is 4.24. The number of nitrogens with zero attached hydrogens (tertiary/aromatic N) is 2. The van der Waals surface area contributed by atoms with Gasteiger partial charge in [-0.05, 0) is 32.9 Å². The van der Waals surface area contributed by atoms with Crippen molar-refractivity contribution in [1.82, 2.24) is 9.62 Å². The van der Waals surface area contributed by atoms with Gasteiger partial charge in [0, 0.05) is 25.2 Å². The van der Waals surface area contributed by atoms with Crippen molar-refractivity contribution in [1.29, 1.82) is 0 Å². The molecular formula is C15H21N3O8S. The van der Waals surface area contributed by atoms with Gasteiger partial charge in [-0.3, -0.25) is 19.8 Å². The normalized spacial score (nSPS) is 11.7. The van der Waals surface area contributed by atoms with Crippen molar-refractivity contribution in [3.05, 3.63) is 34.4 Å². The molecule has 0 bridgehead atoms. The van der Waals surface area contributed by atoms with Gasteiger partial charge >= 0.3 is 12.1 Å². The van der Waals surface area contributed by atoms with Crippen LogP contribution in [0, 0.1) is 10.1 Å². The van der Waals surface area contributed by atoms with Crippen LogP contribution in [0.25, 0.3) is 0 Å². The van der Waals surface area contributed by atoms with Crippen molar-refractivity contribution >= 4 is 27.8 Å². The minimum absolute atomic E-state index is 0.199. The summed E-state index contributed by atoms with van der Waals surface area (Å²) >= 11 is 0. The van der Waals surface area contributed by atoms with E-state index in [0.717, 1.165) is 29.2 Å². The monoisotopic (exact) mass is 403 g/mol. The number of nitro benzene ring substituents is 1. The Hall–Kier alpha value is -2.73. The maximum Gasteiger partial charge on any atom is 0.410 e. The molecule has 0 saturated carbocycles. The molecule has 0 heterocycles. The molecule has 0 unspecified atom stereocenters. The van der Waals surface area contributed by atoms with Crippen LogP contribution in [-0.2, 0) is 19.6 Å². The lowest BCUT2D eigenvalue weighted by atomic mass is 10.2. The Morgan fingerprint density at radius 3 is 2.26 bits per heavy atom. The molecule has 2 N–H and O–H groups in total. The summed E-state index contributed by atoms with van der Waals surface area (Å²) in [5.74, 6) is -1.28. The number of carboxylic acid groups (broad SMARTS) is 1. The van der Waals surface area contributed by atoms with Crippen molar-refractivity contribution in [3.63, 3.8) is 0 Å². The van der Waals surface area contributed by atoms with Crippen LogP contribution in [0.3, 0.4) is 0 Å². The number of carbonyl (C=O) groups is 2. The van der Waals surface area contributed by atoms with E-state index in [1.807, 2.05) is 0 Å². The molecular weight excluding hydrogens is 382 g/mol. The molecule has 1 amide bonds. The summed E-state index contributed by atoms with van der Waals surface area (Å²) in [6.45, 7) is 3.66. The van der Waals surface area contributed by atoms with Crippen LogP contribution in [0.1, 0.15) is 20.8 Å². The van der Waals surface area contributed by atoms with Gasteiger partial charge in [0.15, 0.2) is 0 Å². The lowest BCUT2D eigenvalue weighted by Gasteiger charge is -2.26. The van der Waals surface area contributed by atoms with E-state index in [1.54, 1.807) is 20.8 Å². The van der Waals surface area contributed by atoms with E-state index < -0.39 is 39.2 Å². The third kappa shape index (κ3) is 7.58. The van der Waals surface area contributed by atoms with Crippen molar-refractivity contribution in [2.45, 2.75) is 31.3 Å². The molecule has 0 aromatic heterocycles. The van der Waals surface area contributed by atoms with Gasteiger partial charge in [-0.25, -0.2) is 17.9 Å². The van der Waals surface area contributed by atoms with Crippen LogP contribution in [-0.4, -0.2) is 60.6 Å². The standard InChI is InChI=1S/C15H21N3O8S/c1-15(2,3)26-14(21)17(10-13(19)20)9-8-16-27(24,25)12-6-4-11(5-7-12)18(22)23/h4-7,16H,8-10H2,1-3H3,(H,19,20). The molecule has 0 aliphatic carbocycles. The van der Waals surface area contributed by atoms with Crippen molar-refractivity contribution in [2.24, 2.45) is 0 Å². The molecule has 1 rings (SSSR count). The third-order valence-electron chi connectivity index (χ3n) is 3.01. The van der Waals surface area contributed by atoms with Crippen LogP contribution in [0.2, 0.25) is 0 Å². The number of sulfonamides is 1. The molecule has 1 aromatic rings. The van der Waals surface area contributed by atoms with Gasteiger partial charge in [-0.2, -0.15) is 0 Å². The minimum Gasteiger partial charge on any atom is -0.480 e. The first-order valence-electron chi connectivity index (χ1n) is 7.75. The topological polar surface area (TPSA) is 156 Å². The van der Waals surface area contributed by atoms with Crippen molar-refractivity contribution < 1.29 is 32.8 Å². The van der Waals surface area contributed by atoms with Crippen LogP contribution in [0.15, 0.2) is 29.2 Å². The predicted octanol–water partition coefficient (Wildman–Crippen LogP) is 1.19. The number of carboxylic acids is 1. The van der Waals surface area contributed by atoms with Crippen molar-refractivity contribution in [3.8, 4) is 0 Å². The lowest BCUT2D eigenvalue weighted by Crippen LogP contribution is -2.43. The number of hydrogen-bond donors (Lipinski definition) is 2. The fourth-order valence-corrected chi connectivity index (χ4v) is 2.89. The molecule has 27 heavy (non-hydrogen) atoms. The predicted molar refractivity (Wildman–Crippen MR) is 93.7 cm³/mol. The number of ether oxygens (including phenoxy) is 1. The zero-order chi connectivity index (χ0) is 20.8. The Kier molecular flexibility index (Phi) is 7.25. The number of hydrogen-bond acceptors (Lipinski definition) is 7. The largest absolute Gasteiger partial charge is 0.480 e. The fourth-order valence-electron chi connectivity index (χ4n) is 1.87. The van der Waals surface area contributed by atoms with E-state index in [9.17, 15) is 28.1 Å². The highest BCUT2D eigenvalue weighted by Gasteiger charge is 2.24. The Labute approximate surface area is 156 Å². The quantitative estimate of drug-likeness (QED) is 0.484. The van der Waals surface area contributed by atoms with Crippen LogP contribution < -0.4 is 4.72 Å². The van der Waals surface area contributed by atoms with E-state index in [4.69, 9.17) is 9.84 Å². The summed E-state index contributed by atoms with van der Waals surface area (Å²) < 4.78 is 31.7. The molecule has 0 radical (unpaired) electrons. The first kappa shape index (κ1) is 22.3. The molecule has 0 saturated heterocycles. The summed E-state index contributed by atoms with van der Waals surface area (Å²) in [6.07, 6.45) is -0.889. The van der Waals surface area contributed by atoms with Crippen molar-refractivity contribution in [2.75, 3.05) is 19.6 Å². The summed E-state index contributed by atoms with van der Waals surface area (Å²) in [7, 11) is -3.99. The van der Waals surface area contributed by atoms with Gasteiger partial charge in [-0.1, -0.05) is 0 Å².